The minimum Gasteiger partial charge on any atom is -0.208 e. The summed E-state index contributed by atoms with van der Waals surface area (Å²) in [7, 11) is 0. The molecule has 0 spiro atoms. The second-order valence-corrected chi connectivity index (χ2v) is 16.9. The van der Waals surface area contributed by atoms with Gasteiger partial charge in [0.15, 0.2) is 17.5 Å². The van der Waals surface area contributed by atoms with Gasteiger partial charge >= 0.3 is 0 Å². The first-order valence-electron chi connectivity index (χ1n) is 21.0. The van der Waals surface area contributed by atoms with Crippen LogP contribution >= 0.6 is 11.3 Å². The zero-order valence-electron chi connectivity index (χ0n) is 33.6. The zero-order valence-corrected chi connectivity index (χ0v) is 34.4. The first-order chi connectivity index (χ1) is 30.7. The van der Waals surface area contributed by atoms with Crippen molar-refractivity contribution >= 4 is 31.5 Å². The molecule has 0 atom stereocenters. The fourth-order valence-corrected chi connectivity index (χ4v) is 10.9. The number of nitrogens with zero attached hydrogens (tertiary/aromatic N) is 3. The largest absolute Gasteiger partial charge is 0.208 e. The van der Waals surface area contributed by atoms with Crippen LogP contribution in [-0.2, 0) is 5.41 Å². The van der Waals surface area contributed by atoms with Crippen molar-refractivity contribution in [2.75, 3.05) is 0 Å². The minimum absolute atomic E-state index is 0.555. The Balaban J connectivity index is 1.16. The maximum atomic E-state index is 5.52. The second-order valence-electron chi connectivity index (χ2n) is 15.9. The molecule has 1 aliphatic rings. The van der Waals surface area contributed by atoms with Gasteiger partial charge < -0.3 is 0 Å². The number of hydrogen-bond donors (Lipinski definition) is 0. The topological polar surface area (TPSA) is 38.7 Å². The lowest BCUT2D eigenvalue weighted by Gasteiger charge is -2.33. The molecule has 0 saturated carbocycles. The molecule has 0 saturated heterocycles. The Morgan fingerprint density at radius 2 is 0.790 bits per heavy atom. The van der Waals surface area contributed by atoms with Crippen molar-refractivity contribution in [3.63, 3.8) is 0 Å². The number of hydrogen-bond acceptors (Lipinski definition) is 4. The SMILES string of the molecule is c1ccc(-c2cc(-c3ccccc3)cc(-c3nc(-c4cccc5c4-c4ccccc4C5(c4ccccc4)c4ccccc4)nc(-c4cccc5c4sc4ccccc45)n3)c2)cc1. The third-order valence-electron chi connectivity index (χ3n) is 12.4. The van der Waals surface area contributed by atoms with Crippen LogP contribution < -0.4 is 0 Å². The average molecular weight is 808 g/mol. The number of thiophene rings is 1. The number of fused-ring (bicyclic) bond motifs is 6. The Labute approximate surface area is 364 Å². The van der Waals surface area contributed by atoms with Gasteiger partial charge in [-0.05, 0) is 86.0 Å². The van der Waals surface area contributed by atoms with Gasteiger partial charge in [-0.15, -0.1) is 11.3 Å². The maximum absolute atomic E-state index is 5.52. The van der Waals surface area contributed by atoms with Crippen molar-refractivity contribution in [2.24, 2.45) is 0 Å². The van der Waals surface area contributed by atoms with Gasteiger partial charge in [-0.3, -0.25) is 0 Å². The van der Waals surface area contributed by atoms with Gasteiger partial charge in [-0.2, -0.15) is 0 Å². The Morgan fingerprint density at radius 3 is 1.47 bits per heavy atom. The van der Waals surface area contributed by atoms with Gasteiger partial charge in [0.2, 0.25) is 0 Å². The van der Waals surface area contributed by atoms with Gasteiger partial charge in [0.25, 0.3) is 0 Å². The summed E-state index contributed by atoms with van der Waals surface area (Å²) in [6.07, 6.45) is 0. The summed E-state index contributed by atoms with van der Waals surface area (Å²) in [6.45, 7) is 0. The first-order valence-corrected chi connectivity index (χ1v) is 21.8. The van der Waals surface area contributed by atoms with Crippen LogP contribution in [0.5, 0.6) is 0 Å². The van der Waals surface area contributed by atoms with Crippen LogP contribution in [0.3, 0.4) is 0 Å². The molecule has 290 valence electrons. The molecular formula is C58H37N3S. The van der Waals surface area contributed by atoms with Gasteiger partial charge in [0.1, 0.15) is 0 Å². The van der Waals surface area contributed by atoms with Crippen molar-refractivity contribution in [1.29, 1.82) is 0 Å². The summed E-state index contributed by atoms with van der Waals surface area (Å²) in [5.41, 5.74) is 14.0. The van der Waals surface area contributed by atoms with Crippen LogP contribution in [0.1, 0.15) is 22.3 Å². The van der Waals surface area contributed by atoms with E-state index >= 15 is 0 Å². The molecule has 0 amide bonds. The molecule has 4 heteroatoms. The van der Waals surface area contributed by atoms with E-state index in [2.05, 4.69) is 224 Å². The highest BCUT2D eigenvalue weighted by Gasteiger charge is 2.47. The van der Waals surface area contributed by atoms with E-state index in [1.807, 2.05) is 0 Å². The molecule has 0 N–H and O–H groups in total. The zero-order chi connectivity index (χ0) is 41.0. The third kappa shape index (κ3) is 5.76. The predicted molar refractivity (Wildman–Crippen MR) is 257 cm³/mol. The lowest BCUT2D eigenvalue weighted by atomic mass is 9.67. The summed E-state index contributed by atoms with van der Waals surface area (Å²) in [6, 6.07) is 80.4. The van der Waals surface area contributed by atoms with E-state index in [0.717, 1.165) is 49.2 Å². The smallest absolute Gasteiger partial charge is 0.165 e. The molecule has 9 aromatic carbocycles. The minimum atomic E-state index is -0.555. The summed E-state index contributed by atoms with van der Waals surface area (Å²) in [4.78, 5) is 16.5. The second kappa shape index (κ2) is 14.7. The standard InChI is InChI=1S/C58H37N3S/c1-5-19-38(20-6-1)40-35-41(39-21-7-2-8-22-39)37-42(36-40)55-59-56(61-57(60-55)49-31-17-29-46-45-27-14-16-34-52(45)62-54(46)49)48-30-18-33-51-53(48)47-28-13-15-32-50(47)58(51,43-23-9-3-10-24-43)44-25-11-4-12-26-44/h1-37H. The Hall–Kier alpha value is -7.79. The molecular weight excluding hydrogens is 771 g/mol. The van der Waals surface area contributed by atoms with Crippen LogP contribution in [0.25, 0.3) is 87.7 Å². The average Bonchev–Trinajstić information content (AvgIpc) is 3.89. The fourth-order valence-electron chi connectivity index (χ4n) is 9.70. The lowest BCUT2D eigenvalue weighted by Crippen LogP contribution is -2.28. The molecule has 11 aromatic rings. The summed E-state index contributed by atoms with van der Waals surface area (Å²) < 4.78 is 2.40. The van der Waals surface area contributed by atoms with Crippen LogP contribution in [0.4, 0.5) is 0 Å². The normalized spacial score (nSPS) is 12.6. The van der Waals surface area contributed by atoms with Crippen molar-refractivity contribution in [3.8, 4) is 67.5 Å². The van der Waals surface area contributed by atoms with E-state index in [4.69, 9.17) is 15.0 Å². The predicted octanol–water partition coefficient (Wildman–Crippen LogP) is 14.9. The van der Waals surface area contributed by atoms with Crippen LogP contribution in [0, 0.1) is 0 Å². The number of aromatic nitrogens is 3. The summed E-state index contributed by atoms with van der Waals surface area (Å²) in [5.74, 6) is 1.91. The van der Waals surface area contributed by atoms with Crippen molar-refractivity contribution in [3.05, 3.63) is 247 Å². The van der Waals surface area contributed by atoms with Gasteiger partial charge in [-0.1, -0.05) is 194 Å². The molecule has 2 heterocycles. The molecule has 0 radical (unpaired) electrons. The van der Waals surface area contributed by atoms with E-state index in [9.17, 15) is 0 Å². The van der Waals surface area contributed by atoms with Gasteiger partial charge in [-0.25, -0.2) is 15.0 Å². The molecule has 12 rings (SSSR count). The molecule has 2 aromatic heterocycles. The van der Waals surface area contributed by atoms with E-state index in [-0.39, 0.29) is 0 Å². The van der Waals surface area contributed by atoms with Crippen LogP contribution in [-0.4, -0.2) is 15.0 Å². The van der Waals surface area contributed by atoms with E-state index in [1.165, 1.54) is 43.3 Å². The molecule has 1 aliphatic carbocycles. The van der Waals surface area contributed by atoms with E-state index in [0.29, 0.717) is 17.5 Å². The molecule has 0 aliphatic heterocycles. The number of benzene rings is 9. The van der Waals surface area contributed by atoms with Gasteiger partial charge in [0.05, 0.1) is 5.41 Å². The highest BCUT2D eigenvalue weighted by Crippen LogP contribution is 2.58. The number of rotatable bonds is 7. The van der Waals surface area contributed by atoms with Crippen LogP contribution in [0.2, 0.25) is 0 Å². The van der Waals surface area contributed by atoms with Crippen molar-refractivity contribution < 1.29 is 0 Å². The molecule has 3 nitrogen and oxygen atoms in total. The van der Waals surface area contributed by atoms with Crippen molar-refractivity contribution in [2.45, 2.75) is 5.41 Å². The fraction of sp³-hybridized carbons (Fsp3) is 0.0172. The van der Waals surface area contributed by atoms with Crippen LogP contribution in [0.15, 0.2) is 224 Å². The Morgan fingerprint density at radius 1 is 0.323 bits per heavy atom. The molecule has 0 unspecified atom stereocenters. The van der Waals surface area contributed by atoms with E-state index < -0.39 is 5.41 Å². The first kappa shape index (κ1) is 36.1. The third-order valence-corrected chi connectivity index (χ3v) is 13.6. The Bertz CT molecular complexity index is 3350. The molecule has 0 bridgehead atoms. The van der Waals surface area contributed by atoms with E-state index in [1.54, 1.807) is 11.3 Å². The maximum Gasteiger partial charge on any atom is 0.165 e. The molecule has 0 fully saturated rings. The highest BCUT2D eigenvalue weighted by molar-refractivity contribution is 7.26. The highest BCUT2D eigenvalue weighted by atomic mass is 32.1. The Kier molecular flexibility index (Phi) is 8.58. The molecule has 62 heavy (non-hydrogen) atoms. The quantitative estimate of drug-likeness (QED) is 0.161. The lowest BCUT2D eigenvalue weighted by molar-refractivity contribution is 0.768. The summed E-state index contributed by atoms with van der Waals surface area (Å²) in [5, 5.41) is 2.44. The van der Waals surface area contributed by atoms with Crippen molar-refractivity contribution in [1.82, 2.24) is 15.0 Å². The monoisotopic (exact) mass is 807 g/mol. The van der Waals surface area contributed by atoms with Gasteiger partial charge in [0, 0.05) is 36.9 Å². The summed E-state index contributed by atoms with van der Waals surface area (Å²) >= 11 is 1.79.